The van der Waals surface area contributed by atoms with E-state index < -0.39 is 80.3 Å². The van der Waals surface area contributed by atoms with E-state index in [-0.39, 0.29) is 31.9 Å². The number of nitrogens with one attached hydrogen (secondary N) is 3. The highest BCUT2D eigenvalue weighted by molar-refractivity contribution is 7.91. The summed E-state index contributed by atoms with van der Waals surface area (Å²) in [5, 5.41) is 15.4. The summed E-state index contributed by atoms with van der Waals surface area (Å²) in [6, 6.07) is -2.35. The van der Waals surface area contributed by atoms with Crippen LogP contribution >= 0.6 is 0 Å². The molecule has 0 radical (unpaired) electrons. The molecule has 3 aliphatic rings. The Kier molecular flexibility index (Phi) is 11.9. The lowest BCUT2D eigenvalue weighted by atomic mass is 9.87. The maximum atomic E-state index is 14.2. The molecule has 45 heavy (non-hydrogen) atoms. The third kappa shape index (κ3) is 9.52. The summed E-state index contributed by atoms with van der Waals surface area (Å²) in [6.45, 7) is 14.5. The fraction of sp³-hybridized carbons (Fsp3) is 0.742. The van der Waals surface area contributed by atoms with Crippen LogP contribution in [0.25, 0.3) is 0 Å². The van der Waals surface area contributed by atoms with Crippen molar-refractivity contribution in [1.82, 2.24) is 20.3 Å². The summed E-state index contributed by atoms with van der Waals surface area (Å²) in [6.07, 6.45) is 4.42. The summed E-state index contributed by atoms with van der Waals surface area (Å²) in [5.74, 6) is -3.07. The number of hydrogen-bond donors (Lipinski definition) is 4. The average Bonchev–Trinajstić information content (AvgIpc) is 3.86. The highest BCUT2D eigenvalue weighted by Crippen LogP contribution is 2.45. The van der Waals surface area contributed by atoms with Gasteiger partial charge in [0.05, 0.1) is 18.0 Å². The molecule has 0 spiro atoms. The number of nitrogens with zero attached hydrogens (tertiary/aromatic N) is 1. The Labute approximate surface area is 266 Å². The molecule has 0 aromatic heterocycles. The van der Waals surface area contributed by atoms with Gasteiger partial charge in [0, 0.05) is 31.9 Å². The summed E-state index contributed by atoms with van der Waals surface area (Å²) >= 11 is 0. The minimum absolute atomic E-state index is 0.113. The number of aliphatic hydroxyl groups is 1. The van der Waals surface area contributed by atoms with Gasteiger partial charge < -0.3 is 30.1 Å². The van der Waals surface area contributed by atoms with E-state index in [1.165, 1.54) is 18.1 Å². The van der Waals surface area contributed by atoms with Crippen molar-refractivity contribution in [2.45, 2.75) is 107 Å². The topological polar surface area (TPSA) is 180 Å². The third-order valence-corrected chi connectivity index (χ3v) is 10.3. The molecule has 13 nitrogen and oxygen atoms in total. The normalized spacial score (nSPS) is 26.6. The monoisotopic (exact) mass is 654 g/mol. The largest absolute Gasteiger partial charge is 0.444 e. The molecule has 0 aromatic carbocycles. The van der Waals surface area contributed by atoms with Crippen molar-refractivity contribution >= 4 is 33.8 Å². The van der Waals surface area contributed by atoms with Gasteiger partial charge in [-0.15, -0.1) is 13.2 Å². The second-order valence-electron chi connectivity index (χ2n) is 13.6. The molecule has 4 amide bonds. The first kappa shape index (κ1) is 36.5. The predicted molar refractivity (Wildman–Crippen MR) is 167 cm³/mol. The Balaban J connectivity index is 1.86. The Hall–Kier alpha value is -2.97. The second kappa shape index (κ2) is 14.6. The van der Waals surface area contributed by atoms with Gasteiger partial charge in [0.2, 0.25) is 21.8 Å². The molecule has 1 aliphatic heterocycles. The average molecular weight is 655 g/mol. The molecular weight excluding hydrogens is 604 g/mol. The standard InChI is InChI=1S/C31H50N4O9S/c1-8-10-11-19(3)14-20(18-43-7)25(32-29(40)44-30(4,5)6)27(38)35-17-22(36)15-24(35)26(37)33-31(16-21(31)9-2)28(39)34-45(41,42)23-12-13-23/h8-9,19-25,36H,1-2,10-18H2,3-7H3,(H,32,40)(H,33,37)(H,34,39)/t19?,20-,21+,22+,24-,25-,31+/m0/s1. The van der Waals surface area contributed by atoms with Gasteiger partial charge in [-0.1, -0.05) is 19.1 Å². The minimum atomic E-state index is -3.87. The third-order valence-electron chi connectivity index (χ3n) is 8.47. The molecule has 14 heteroatoms. The van der Waals surface area contributed by atoms with Gasteiger partial charge in [-0.25, -0.2) is 13.2 Å². The first-order valence-electron chi connectivity index (χ1n) is 15.6. The number of likely N-dealkylation sites (tertiary alicyclic amines) is 1. The number of carbonyl (C=O) groups is 4. The van der Waals surface area contributed by atoms with Crippen molar-refractivity contribution in [3.05, 3.63) is 25.3 Å². The van der Waals surface area contributed by atoms with Crippen molar-refractivity contribution in [2.24, 2.45) is 17.8 Å². The van der Waals surface area contributed by atoms with Crippen LogP contribution in [0, 0.1) is 17.8 Å². The number of carbonyl (C=O) groups excluding carboxylic acids is 4. The van der Waals surface area contributed by atoms with E-state index in [0.29, 0.717) is 19.3 Å². The van der Waals surface area contributed by atoms with E-state index in [1.54, 1.807) is 20.8 Å². The van der Waals surface area contributed by atoms with Crippen LogP contribution in [0.15, 0.2) is 25.3 Å². The molecule has 254 valence electrons. The van der Waals surface area contributed by atoms with Gasteiger partial charge in [-0.05, 0) is 65.2 Å². The maximum absolute atomic E-state index is 14.2. The molecule has 2 aliphatic carbocycles. The van der Waals surface area contributed by atoms with Crippen LogP contribution in [0.5, 0.6) is 0 Å². The molecular formula is C31H50N4O9S. The smallest absolute Gasteiger partial charge is 0.408 e. The van der Waals surface area contributed by atoms with Gasteiger partial charge in [-0.3, -0.25) is 19.1 Å². The lowest BCUT2D eigenvalue weighted by molar-refractivity contribution is -0.142. The number of ether oxygens (including phenoxy) is 2. The first-order chi connectivity index (χ1) is 21.0. The summed E-state index contributed by atoms with van der Waals surface area (Å²) in [7, 11) is -2.38. The summed E-state index contributed by atoms with van der Waals surface area (Å²) in [5.41, 5.74) is -2.39. The van der Waals surface area contributed by atoms with Crippen LogP contribution in [0.3, 0.4) is 0 Å². The molecule has 3 rings (SSSR count). The summed E-state index contributed by atoms with van der Waals surface area (Å²) < 4.78 is 38.0. The number of β-amino-alcohol motifs (C(OH)–C–C–N with tert-alkyl or cyclic N) is 1. The van der Waals surface area contributed by atoms with Crippen LogP contribution in [0.4, 0.5) is 4.79 Å². The van der Waals surface area contributed by atoms with Gasteiger partial charge in [0.1, 0.15) is 23.2 Å². The lowest BCUT2D eigenvalue weighted by Gasteiger charge is -2.34. The molecule has 0 bridgehead atoms. The SMILES string of the molecule is C=CCCC(C)C[C@@H](COC)[C@H](NC(=O)OC(C)(C)C)C(=O)N1C[C@H](O)C[C@H]1C(=O)N[C@]1(C(=O)NS(=O)(=O)C2CC2)C[C@H]1C=C. The molecule has 3 fully saturated rings. The zero-order valence-electron chi connectivity index (χ0n) is 27.0. The Morgan fingerprint density at radius 2 is 1.84 bits per heavy atom. The van der Waals surface area contributed by atoms with Crippen molar-refractivity contribution < 1.29 is 42.2 Å². The van der Waals surface area contributed by atoms with Crippen LogP contribution in [0.2, 0.25) is 0 Å². The fourth-order valence-corrected chi connectivity index (χ4v) is 7.23. The van der Waals surface area contributed by atoms with E-state index in [9.17, 15) is 32.7 Å². The van der Waals surface area contributed by atoms with Gasteiger partial charge >= 0.3 is 6.09 Å². The van der Waals surface area contributed by atoms with Crippen LogP contribution in [-0.4, -0.2) is 97.1 Å². The first-order valence-corrected chi connectivity index (χ1v) is 17.1. The highest BCUT2D eigenvalue weighted by Gasteiger charge is 2.62. The molecule has 0 aromatic rings. The second-order valence-corrected chi connectivity index (χ2v) is 15.6. The van der Waals surface area contributed by atoms with E-state index in [4.69, 9.17) is 9.47 Å². The molecule has 2 saturated carbocycles. The quantitative estimate of drug-likeness (QED) is 0.180. The molecule has 1 unspecified atom stereocenters. The van der Waals surface area contributed by atoms with Crippen LogP contribution in [-0.2, 0) is 33.9 Å². The Morgan fingerprint density at radius 1 is 1.18 bits per heavy atom. The van der Waals surface area contributed by atoms with E-state index >= 15 is 0 Å². The van der Waals surface area contributed by atoms with Gasteiger partial charge in [-0.2, -0.15) is 0 Å². The number of allylic oxidation sites excluding steroid dienone is 1. The Bertz CT molecular complexity index is 1250. The van der Waals surface area contributed by atoms with Crippen molar-refractivity contribution in [3.63, 3.8) is 0 Å². The molecule has 4 N–H and O–H groups in total. The molecule has 1 saturated heterocycles. The van der Waals surface area contributed by atoms with Gasteiger partial charge in [0.25, 0.3) is 5.91 Å². The van der Waals surface area contributed by atoms with Crippen molar-refractivity contribution in [2.75, 3.05) is 20.3 Å². The van der Waals surface area contributed by atoms with E-state index in [2.05, 4.69) is 28.5 Å². The Morgan fingerprint density at radius 3 is 2.38 bits per heavy atom. The van der Waals surface area contributed by atoms with Gasteiger partial charge in [0.15, 0.2) is 0 Å². The van der Waals surface area contributed by atoms with Crippen molar-refractivity contribution in [3.8, 4) is 0 Å². The maximum Gasteiger partial charge on any atom is 0.408 e. The number of methoxy groups -OCH3 is 1. The van der Waals surface area contributed by atoms with Crippen molar-refractivity contribution in [1.29, 1.82) is 0 Å². The van der Waals surface area contributed by atoms with Crippen LogP contribution in [0.1, 0.15) is 72.6 Å². The fourth-order valence-electron chi connectivity index (χ4n) is 5.87. The molecule has 1 heterocycles. The molecule has 7 atom stereocenters. The lowest BCUT2D eigenvalue weighted by Crippen LogP contribution is -2.59. The number of hydrogen-bond acceptors (Lipinski definition) is 9. The number of alkyl carbamates (subject to hydrolysis) is 1. The zero-order chi connectivity index (χ0) is 33.7. The number of amides is 4. The highest BCUT2D eigenvalue weighted by atomic mass is 32.2. The zero-order valence-corrected chi connectivity index (χ0v) is 27.9. The number of sulfonamides is 1. The van der Waals surface area contributed by atoms with E-state index in [1.807, 2.05) is 13.0 Å². The predicted octanol–water partition coefficient (Wildman–Crippen LogP) is 1.77. The number of aliphatic hydroxyl groups excluding tert-OH is 1. The minimum Gasteiger partial charge on any atom is -0.444 e. The number of rotatable bonds is 16. The van der Waals surface area contributed by atoms with E-state index in [0.717, 1.165) is 12.8 Å². The summed E-state index contributed by atoms with van der Waals surface area (Å²) in [4.78, 5) is 55.3. The van der Waals surface area contributed by atoms with Crippen LogP contribution < -0.4 is 15.4 Å².